The molecule has 2 N–H and O–H groups in total. The molecule has 0 bridgehead atoms. The average molecular weight is 570 g/mol. The van der Waals surface area contributed by atoms with Gasteiger partial charge in [-0.1, -0.05) is 80.1 Å². The molecule has 0 heterocycles. The van der Waals surface area contributed by atoms with Gasteiger partial charge in [0.1, 0.15) is 17.7 Å². The summed E-state index contributed by atoms with van der Waals surface area (Å²) < 4.78 is 5.41. The van der Waals surface area contributed by atoms with E-state index in [1.165, 1.54) is 0 Å². The van der Waals surface area contributed by atoms with E-state index in [2.05, 4.69) is 30.2 Å². The van der Waals surface area contributed by atoms with Crippen LogP contribution in [0.2, 0.25) is 0 Å². The molecule has 3 amide bonds. The Morgan fingerprint density at radius 2 is 1.57 bits per heavy atom. The summed E-state index contributed by atoms with van der Waals surface area (Å²) in [5.74, 6) is -0.625. The van der Waals surface area contributed by atoms with Crippen molar-refractivity contribution in [2.24, 2.45) is 0 Å². The van der Waals surface area contributed by atoms with Gasteiger partial charge in [-0.2, -0.15) is 12.6 Å². The summed E-state index contributed by atoms with van der Waals surface area (Å²) >= 11 is 4.39. The van der Waals surface area contributed by atoms with Crippen molar-refractivity contribution in [1.82, 2.24) is 10.2 Å². The van der Waals surface area contributed by atoms with Crippen molar-refractivity contribution in [3.63, 3.8) is 0 Å². The average Bonchev–Trinajstić information content (AvgIpc) is 2.85. The summed E-state index contributed by atoms with van der Waals surface area (Å²) in [6.45, 7) is 13.7. The minimum absolute atomic E-state index is 0.0589. The van der Waals surface area contributed by atoms with E-state index in [4.69, 9.17) is 4.74 Å². The highest BCUT2D eigenvalue weighted by Crippen LogP contribution is 2.28. The van der Waals surface area contributed by atoms with Crippen LogP contribution in [0.3, 0.4) is 0 Å². The Labute approximate surface area is 245 Å². The lowest BCUT2D eigenvalue weighted by atomic mass is 9.98. The maximum atomic E-state index is 14.1. The number of hydrogen-bond acceptors (Lipinski definition) is 5. The molecule has 0 aliphatic rings. The van der Waals surface area contributed by atoms with Crippen LogP contribution < -0.4 is 10.6 Å². The fourth-order valence-electron chi connectivity index (χ4n) is 4.64. The maximum Gasteiger partial charge on any atom is 0.408 e. The lowest BCUT2D eigenvalue weighted by molar-refractivity contribution is -0.140. The lowest BCUT2D eigenvalue weighted by Gasteiger charge is -2.34. The summed E-state index contributed by atoms with van der Waals surface area (Å²) in [7, 11) is 0. The zero-order chi connectivity index (χ0) is 29.9. The highest BCUT2D eigenvalue weighted by molar-refractivity contribution is 7.80. The van der Waals surface area contributed by atoms with Gasteiger partial charge < -0.3 is 20.3 Å². The summed E-state index contributed by atoms with van der Waals surface area (Å²) in [5.41, 5.74) is 3.61. The number of nitrogens with one attached hydrogen (secondary N) is 2. The van der Waals surface area contributed by atoms with Gasteiger partial charge >= 0.3 is 6.09 Å². The van der Waals surface area contributed by atoms with Crippen LogP contribution in [0.4, 0.5) is 10.5 Å². The van der Waals surface area contributed by atoms with Gasteiger partial charge in [0.05, 0.1) is 0 Å². The van der Waals surface area contributed by atoms with Crippen LogP contribution in [-0.4, -0.2) is 46.7 Å². The molecule has 0 saturated heterocycles. The van der Waals surface area contributed by atoms with E-state index in [-0.39, 0.29) is 17.6 Å². The molecule has 0 aliphatic heterocycles. The van der Waals surface area contributed by atoms with Crippen LogP contribution in [-0.2, 0) is 14.3 Å². The number of alkyl carbamates (subject to hydrolysis) is 1. The molecular weight excluding hydrogens is 522 g/mol. The Bertz CT molecular complexity index is 1120. The third-order valence-electron chi connectivity index (χ3n) is 6.48. The second-order valence-electron chi connectivity index (χ2n) is 11.5. The number of unbranched alkanes of at least 4 members (excludes halogenated alkanes) is 4. The molecule has 7 nitrogen and oxygen atoms in total. The van der Waals surface area contributed by atoms with Gasteiger partial charge in [-0.05, 0) is 65.2 Å². The SMILES string of the molecule is CCCCCCCN(C(=O)C(CS)NC(=O)OC(C)(C)C)C(C(=O)Nc1ccccc1C)c1cc(C)cc(C)c1. The van der Waals surface area contributed by atoms with Crippen molar-refractivity contribution in [3.05, 3.63) is 64.7 Å². The molecule has 2 unspecified atom stereocenters. The number of thiol groups is 1. The van der Waals surface area contributed by atoms with Crippen molar-refractivity contribution in [1.29, 1.82) is 0 Å². The van der Waals surface area contributed by atoms with Crippen LogP contribution in [0.25, 0.3) is 0 Å². The second-order valence-corrected chi connectivity index (χ2v) is 11.8. The van der Waals surface area contributed by atoms with Crippen molar-refractivity contribution in [2.75, 3.05) is 17.6 Å². The van der Waals surface area contributed by atoms with Crippen molar-refractivity contribution >= 4 is 36.2 Å². The number of carbonyl (C=O) groups is 3. The van der Waals surface area contributed by atoms with Crippen LogP contribution in [0.15, 0.2) is 42.5 Å². The lowest BCUT2D eigenvalue weighted by Crippen LogP contribution is -2.53. The largest absolute Gasteiger partial charge is 0.444 e. The number of para-hydroxylation sites is 1. The van der Waals surface area contributed by atoms with E-state index in [1.807, 2.05) is 63.2 Å². The normalized spacial score (nSPS) is 12.8. The first-order valence-corrected chi connectivity index (χ1v) is 14.8. The van der Waals surface area contributed by atoms with E-state index in [0.717, 1.165) is 54.4 Å². The highest BCUT2D eigenvalue weighted by atomic mass is 32.1. The van der Waals surface area contributed by atoms with E-state index >= 15 is 0 Å². The van der Waals surface area contributed by atoms with Gasteiger partial charge in [-0.3, -0.25) is 9.59 Å². The summed E-state index contributed by atoms with van der Waals surface area (Å²) in [6.07, 6.45) is 4.23. The predicted octanol–water partition coefficient (Wildman–Crippen LogP) is 6.91. The van der Waals surface area contributed by atoms with Crippen molar-refractivity contribution in [2.45, 2.75) is 98.3 Å². The Hall–Kier alpha value is -3.00. The molecule has 2 atom stereocenters. The van der Waals surface area contributed by atoms with Crippen LogP contribution in [0, 0.1) is 20.8 Å². The van der Waals surface area contributed by atoms with Gasteiger partial charge in [-0.25, -0.2) is 4.79 Å². The first-order chi connectivity index (χ1) is 18.9. The molecule has 0 fully saturated rings. The van der Waals surface area contributed by atoms with E-state index in [9.17, 15) is 14.4 Å². The second kappa shape index (κ2) is 15.7. The fourth-order valence-corrected chi connectivity index (χ4v) is 4.89. The molecule has 40 heavy (non-hydrogen) atoms. The number of aryl methyl sites for hydroxylation is 3. The number of rotatable bonds is 13. The van der Waals surface area contributed by atoms with Crippen molar-refractivity contribution < 1.29 is 19.1 Å². The molecular formula is C32H47N3O4S. The Morgan fingerprint density at radius 3 is 2.15 bits per heavy atom. The topological polar surface area (TPSA) is 87.7 Å². The van der Waals surface area contributed by atoms with E-state index in [0.29, 0.717) is 12.2 Å². The molecule has 0 saturated carbocycles. The number of carbonyl (C=O) groups excluding carboxylic acids is 3. The quantitative estimate of drug-likeness (QED) is 0.181. The number of benzene rings is 2. The first kappa shape index (κ1) is 33.2. The smallest absolute Gasteiger partial charge is 0.408 e. The number of hydrogen-bond donors (Lipinski definition) is 3. The molecule has 0 spiro atoms. The molecule has 220 valence electrons. The monoisotopic (exact) mass is 569 g/mol. The summed E-state index contributed by atoms with van der Waals surface area (Å²) in [5, 5.41) is 5.74. The molecule has 8 heteroatoms. The van der Waals surface area contributed by atoms with Crippen molar-refractivity contribution in [3.8, 4) is 0 Å². The minimum atomic E-state index is -0.964. The summed E-state index contributed by atoms with van der Waals surface area (Å²) in [4.78, 5) is 42.4. The van der Waals surface area contributed by atoms with E-state index in [1.54, 1.807) is 25.7 Å². The van der Waals surface area contributed by atoms with Gasteiger partial charge in [0.2, 0.25) is 5.91 Å². The minimum Gasteiger partial charge on any atom is -0.444 e. The molecule has 2 aromatic carbocycles. The maximum absolute atomic E-state index is 14.1. The Morgan fingerprint density at radius 1 is 0.950 bits per heavy atom. The van der Waals surface area contributed by atoms with Gasteiger partial charge in [0, 0.05) is 18.0 Å². The van der Waals surface area contributed by atoms with Gasteiger partial charge in [0.25, 0.3) is 5.91 Å². The van der Waals surface area contributed by atoms with Crippen LogP contribution >= 0.6 is 12.6 Å². The highest BCUT2D eigenvalue weighted by Gasteiger charge is 2.36. The predicted molar refractivity (Wildman–Crippen MR) is 166 cm³/mol. The number of nitrogens with zero attached hydrogens (tertiary/aromatic N) is 1. The van der Waals surface area contributed by atoms with Gasteiger partial charge in [0.15, 0.2) is 0 Å². The zero-order valence-electron chi connectivity index (χ0n) is 25.2. The third-order valence-corrected chi connectivity index (χ3v) is 6.85. The first-order valence-electron chi connectivity index (χ1n) is 14.2. The Balaban J connectivity index is 2.52. The zero-order valence-corrected chi connectivity index (χ0v) is 26.1. The van der Waals surface area contributed by atoms with Crippen LogP contribution in [0.1, 0.15) is 88.1 Å². The standard InChI is InChI=1S/C32H47N3O4S/c1-8-9-10-11-14-17-35(30(37)27(21-40)34-31(38)39-32(5,6)7)28(25-19-22(2)18-23(3)20-25)29(36)33-26-16-13-12-15-24(26)4/h12-13,15-16,18-20,27-28,40H,8-11,14,17,21H2,1-7H3,(H,33,36)(H,34,38). The van der Waals surface area contributed by atoms with E-state index < -0.39 is 23.8 Å². The molecule has 0 aliphatic carbocycles. The number of amides is 3. The summed E-state index contributed by atoms with van der Waals surface area (Å²) in [6, 6.07) is 11.6. The van der Waals surface area contributed by atoms with Crippen LogP contribution in [0.5, 0.6) is 0 Å². The molecule has 0 radical (unpaired) electrons. The number of ether oxygens (including phenoxy) is 1. The third kappa shape index (κ3) is 10.5. The molecule has 2 aromatic rings. The number of anilines is 1. The van der Waals surface area contributed by atoms with Gasteiger partial charge in [-0.15, -0.1) is 0 Å². The fraction of sp³-hybridized carbons (Fsp3) is 0.531. The molecule has 2 rings (SSSR count). The Kier molecular flexibility index (Phi) is 13.0. The molecule has 0 aromatic heterocycles.